The molecular formula is C20H20O9. The van der Waals surface area contributed by atoms with Gasteiger partial charge < -0.3 is 39.7 Å². The van der Waals surface area contributed by atoms with Crippen molar-refractivity contribution in [2.24, 2.45) is 0 Å². The van der Waals surface area contributed by atoms with Crippen LogP contribution >= 0.6 is 0 Å². The Morgan fingerprint density at radius 2 is 1.72 bits per heavy atom. The summed E-state index contributed by atoms with van der Waals surface area (Å²) in [5.74, 6) is -0.436. The molecule has 0 radical (unpaired) electrons. The van der Waals surface area contributed by atoms with E-state index >= 15 is 0 Å². The third-order valence-corrected chi connectivity index (χ3v) is 4.95. The minimum atomic E-state index is -1.51. The van der Waals surface area contributed by atoms with Crippen molar-refractivity contribution < 1.29 is 44.5 Å². The lowest BCUT2D eigenvalue weighted by molar-refractivity contribution is -0.242. The van der Waals surface area contributed by atoms with Gasteiger partial charge in [-0.15, -0.1) is 0 Å². The Morgan fingerprint density at radius 1 is 1.00 bits per heavy atom. The van der Waals surface area contributed by atoms with Gasteiger partial charge in [0.2, 0.25) is 6.29 Å². The second-order valence-corrected chi connectivity index (χ2v) is 7.01. The summed E-state index contributed by atoms with van der Waals surface area (Å²) in [6, 6.07) is 8.81. The molecule has 154 valence electrons. The lowest BCUT2D eigenvalue weighted by atomic mass is 9.95. The van der Waals surface area contributed by atoms with Crippen LogP contribution in [0.4, 0.5) is 0 Å². The Kier molecular flexibility index (Phi) is 5.05. The molecule has 2 heterocycles. The maximum Gasteiger partial charge on any atom is 0.228 e. The van der Waals surface area contributed by atoms with E-state index in [0.29, 0.717) is 5.56 Å². The number of aromatic hydroxyl groups is 2. The van der Waals surface area contributed by atoms with Crippen LogP contribution in [0.25, 0.3) is 0 Å². The number of rotatable bonds is 3. The van der Waals surface area contributed by atoms with Gasteiger partial charge in [-0.1, -0.05) is 12.1 Å². The molecule has 0 aliphatic carbocycles. The summed E-state index contributed by atoms with van der Waals surface area (Å²) < 4.78 is 16.6. The average Bonchev–Trinajstić information content (AvgIpc) is 2.68. The predicted molar refractivity (Wildman–Crippen MR) is 96.9 cm³/mol. The number of aliphatic hydroxyl groups is 3. The van der Waals surface area contributed by atoms with E-state index in [1.165, 1.54) is 24.3 Å². The van der Waals surface area contributed by atoms with E-state index in [2.05, 4.69) is 0 Å². The Balaban J connectivity index is 1.59. The molecule has 2 aliphatic rings. The molecule has 0 aromatic heterocycles. The normalized spacial score (nSPS) is 29.1. The van der Waals surface area contributed by atoms with Crippen LogP contribution in [0.1, 0.15) is 28.4 Å². The molecule has 5 N–H and O–H groups in total. The topological polar surface area (TPSA) is 146 Å². The van der Waals surface area contributed by atoms with E-state index in [1.807, 2.05) is 0 Å². The number of fused-ring (bicyclic) bond motifs is 1. The highest BCUT2D eigenvalue weighted by atomic mass is 16.7. The first-order chi connectivity index (χ1) is 13.8. The third kappa shape index (κ3) is 3.73. The summed E-state index contributed by atoms with van der Waals surface area (Å²) in [6.07, 6.45) is -6.08. The molecule has 0 bridgehead atoms. The van der Waals surface area contributed by atoms with Gasteiger partial charge in [-0.2, -0.15) is 0 Å². The van der Waals surface area contributed by atoms with Gasteiger partial charge in [0, 0.05) is 12.1 Å². The van der Waals surface area contributed by atoms with Gasteiger partial charge in [0.15, 0.2) is 5.78 Å². The zero-order chi connectivity index (χ0) is 20.7. The number of hydrogen-bond acceptors (Lipinski definition) is 9. The van der Waals surface area contributed by atoms with E-state index in [9.17, 15) is 30.3 Å². The fraction of sp³-hybridized carbons (Fsp3) is 0.350. The van der Waals surface area contributed by atoms with Crippen molar-refractivity contribution in [1.29, 1.82) is 0 Å². The zero-order valence-electron chi connectivity index (χ0n) is 15.1. The number of Topliss-reactive ketones (excluding diaryl/α,β-unsaturated/α-hetero) is 1. The Bertz CT molecular complexity index is 911. The number of phenolic OH excluding ortho intramolecular Hbond substituents is 2. The van der Waals surface area contributed by atoms with Gasteiger partial charge in [0.05, 0.1) is 13.0 Å². The second-order valence-electron chi connectivity index (χ2n) is 7.01. The van der Waals surface area contributed by atoms with Crippen molar-refractivity contribution in [2.75, 3.05) is 6.61 Å². The van der Waals surface area contributed by atoms with Gasteiger partial charge in [0.25, 0.3) is 0 Å². The minimum Gasteiger partial charge on any atom is -0.508 e. The number of carbonyl (C=O) groups excluding carboxylic acids is 1. The highest BCUT2D eigenvalue weighted by Crippen LogP contribution is 2.42. The van der Waals surface area contributed by atoms with Crippen LogP contribution < -0.4 is 9.47 Å². The van der Waals surface area contributed by atoms with E-state index in [-0.39, 0.29) is 47.4 Å². The molecule has 1 fully saturated rings. The molecule has 5 atom stereocenters. The number of carbonyl (C=O) groups is 1. The molecule has 0 spiro atoms. The monoisotopic (exact) mass is 404 g/mol. The lowest BCUT2D eigenvalue weighted by Gasteiger charge is -2.35. The van der Waals surface area contributed by atoms with Crippen molar-refractivity contribution in [3.8, 4) is 23.0 Å². The molecule has 9 heteroatoms. The van der Waals surface area contributed by atoms with E-state index in [1.54, 1.807) is 12.1 Å². The quantitative estimate of drug-likeness (QED) is 0.497. The van der Waals surface area contributed by atoms with E-state index < -0.39 is 30.7 Å². The fourth-order valence-electron chi connectivity index (χ4n) is 3.37. The first-order valence-corrected chi connectivity index (χ1v) is 9.01. The second kappa shape index (κ2) is 7.53. The highest BCUT2D eigenvalue weighted by molar-refractivity contribution is 6.02. The zero-order valence-corrected chi connectivity index (χ0v) is 15.1. The molecular weight excluding hydrogens is 384 g/mol. The molecule has 2 aromatic rings. The summed E-state index contributed by atoms with van der Waals surface area (Å²) >= 11 is 0. The lowest BCUT2D eigenvalue weighted by Crippen LogP contribution is -2.54. The first kappa shape index (κ1) is 19.5. The maximum absolute atomic E-state index is 12.5. The molecule has 4 rings (SSSR count). The van der Waals surface area contributed by atoms with Crippen LogP contribution in [-0.2, 0) is 4.74 Å². The van der Waals surface area contributed by atoms with Gasteiger partial charge in [-0.05, 0) is 17.7 Å². The number of aliphatic hydroxyl groups excluding tert-OH is 3. The Morgan fingerprint density at radius 3 is 2.45 bits per heavy atom. The molecule has 2 aromatic carbocycles. The van der Waals surface area contributed by atoms with Crippen molar-refractivity contribution in [2.45, 2.75) is 37.1 Å². The number of hydrogen-bond donors (Lipinski definition) is 5. The summed E-state index contributed by atoms with van der Waals surface area (Å²) in [5, 5.41) is 49.0. The van der Waals surface area contributed by atoms with E-state index in [0.717, 1.165) is 0 Å². The predicted octanol–water partition coefficient (Wildman–Crippen LogP) is 0.622. The summed E-state index contributed by atoms with van der Waals surface area (Å²) in [4.78, 5) is 12.5. The smallest absolute Gasteiger partial charge is 0.228 e. The maximum atomic E-state index is 12.5. The number of benzene rings is 2. The Labute approximate surface area is 165 Å². The minimum absolute atomic E-state index is 0.0140. The number of ketones is 1. The first-order valence-electron chi connectivity index (χ1n) is 9.01. The van der Waals surface area contributed by atoms with Gasteiger partial charge in [0.1, 0.15) is 53.0 Å². The summed E-state index contributed by atoms with van der Waals surface area (Å²) in [7, 11) is 0. The summed E-state index contributed by atoms with van der Waals surface area (Å²) in [6.45, 7) is -0.238. The molecule has 0 unspecified atom stereocenters. The van der Waals surface area contributed by atoms with Crippen molar-refractivity contribution in [3.63, 3.8) is 0 Å². The van der Waals surface area contributed by atoms with Crippen LogP contribution in [0.2, 0.25) is 0 Å². The molecule has 9 nitrogen and oxygen atoms in total. The van der Waals surface area contributed by atoms with E-state index in [4.69, 9.17) is 14.2 Å². The van der Waals surface area contributed by atoms with Crippen LogP contribution in [0.5, 0.6) is 23.0 Å². The van der Waals surface area contributed by atoms with Gasteiger partial charge >= 0.3 is 0 Å². The van der Waals surface area contributed by atoms with Crippen molar-refractivity contribution in [3.05, 3.63) is 47.5 Å². The fourth-order valence-corrected chi connectivity index (χ4v) is 3.37. The third-order valence-electron chi connectivity index (χ3n) is 4.95. The molecule has 0 saturated carbocycles. The number of ether oxygens (including phenoxy) is 3. The van der Waals surface area contributed by atoms with Gasteiger partial charge in [-0.25, -0.2) is 0 Å². The van der Waals surface area contributed by atoms with Crippen LogP contribution in [0.3, 0.4) is 0 Å². The molecule has 0 amide bonds. The molecule has 29 heavy (non-hydrogen) atoms. The largest absolute Gasteiger partial charge is 0.508 e. The summed E-state index contributed by atoms with van der Waals surface area (Å²) in [5.41, 5.74) is 0.698. The van der Waals surface area contributed by atoms with Crippen molar-refractivity contribution >= 4 is 5.78 Å². The highest BCUT2D eigenvalue weighted by Gasteiger charge is 2.39. The van der Waals surface area contributed by atoms with Gasteiger partial charge in [-0.3, -0.25) is 4.79 Å². The molecule has 1 saturated heterocycles. The average molecular weight is 404 g/mol. The van der Waals surface area contributed by atoms with Crippen molar-refractivity contribution in [1.82, 2.24) is 0 Å². The SMILES string of the molecule is O=C1C[C@H](c2ccc(O)cc2)Oc2cc(O[C@@H]3OC[C@@H](O)[C@H](O)[C@H]3O)cc(O)c21. The molecule has 2 aliphatic heterocycles. The Hall–Kier alpha value is -2.85. The standard InChI is InChI=1S/C20H20O9/c21-10-3-1-9(2-4-10)15-7-13(23)17-12(22)5-11(6-16(17)29-15)28-20-19(26)18(25)14(24)8-27-20/h1-6,14-15,18-22,24-26H,7-8H2/t14-,15-,18+,19-,20+/m1/s1. The number of phenols is 2. The van der Waals surface area contributed by atoms with Crippen LogP contribution in [0, 0.1) is 0 Å². The van der Waals surface area contributed by atoms with Crippen LogP contribution in [0.15, 0.2) is 36.4 Å². The van der Waals surface area contributed by atoms with Crippen LogP contribution in [-0.4, -0.2) is 62.5 Å².